The van der Waals surface area contributed by atoms with Crippen molar-refractivity contribution in [3.05, 3.63) is 0 Å². The number of hydrogen-bond acceptors (Lipinski definition) is 2. The fraction of sp³-hybridized carbons (Fsp3) is 1.00. The Bertz CT molecular complexity index is 241. The lowest BCUT2D eigenvalue weighted by Gasteiger charge is -2.37. The van der Waals surface area contributed by atoms with Gasteiger partial charge in [0.15, 0.2) is 0 Å². The maximum atomic E-state index is 3.67. The minimum atomic E-state index is 0.449. The highest BCUT2D eigenvalue weighted by molar-refractivity contribution is 4.96. The molecule has 1 atom stereocenters. The highest BCUT2D eigenvalue weighted by atomic mass is 15.0. The Hall–Kier alpha value is -0.0800. The summed E-state index contributed by atoms with van der Waals surface area (Å²) in [5.41, 5.74) is 1.07. The van der Waals surface area contributed by atoms with E-state index in [-0.39, 0.29) is 0 Å². The van der Waals surface area contributed by atoms with Crippen LogP contribution in [0.25, 0.3) is 0 Å². The molecule has 0 saturated heterocycles. The highest BCUT2D eigenvalue weighted by Crippen LogP contribution is 2.50. The van der Waals surface area contributed by atoms with E-state index in [0.29, 0.717) is 11.0 Å². The summed E-state index contributed by atoms with van der Waals surface area (Å²) in [6, 6.07) is 0. The van der Waals surface area contributed by atoms with Crippen LogP contribution in [0.5, 0.6) is 0 Å². The van der Waals surface area contributed by atoms with Gasteiger partial charge >= 0.3 is 0 Å². The lowest BCUT2D eigenvalue weighted by molar-refractivity contribution is 0.227. The molecule has 0 heterocycles. The van der Waals surface area contributed by atoms with E-state index >= 15 is 0 Å². The molecule has 2 aliphatic rings. The molecule has 2 nitrogen and oxygen atoms in total. The van der Waals surface area contributed by atoms with Gasteiger partial charge in [0.05, 0.1) is 0 Å². The van der Waals surface area contributed by atoms with Crippen LogP contribution < -0.4 is 10.6 Å². The van der Waals surface area contributed by atoms with Gasteiger partial charge in [-0.15, -0.1) is 0 Å². The Morgan fingerprint density at radius 3 is 2.29 bits per heavy atom. The van der Waals surface area contributed by atoms with Gasteiger partial charge in [-0.25, -0.2) is 0 Å². The van der Waals surface area contributed by atoms with Crippen LogP contribution in [0.1, 0.15) is 58.8 Å². The van der Waals surface area contributed by atoms with Crippen molar-refractivity contribution in [2.45, 2.75) is 64.3 Å². The molecule has 2 N–H and O–H groups in total. The first-order valence-corrected chi connectivity index (χ1v) is 7.48. The van der Waals surface area contributed by atoms with Gasteiger partial charge < -0.3 is 10.6 Å². The molecule has 0 radical (unpaired) electrons. The third-order valence-electron chi connectivity index (χ3n) is 5.23. The van der Waals surface area contributed by atoms with Crippen molar-refractivity contribution in [3.63, 3.8) is 0 Å². The van der Waals surface area contributed by atoms with Crippen molar-refractivity contribution >= 4 is 0 Å². The molecule has 0 amide bonds. The van der Waals surface area contributed by atoms with Crippen LogP contribution >= 0.6 is 0 Å². The Kier molecular flexibility index (Phi) is 4.14. The second-order valence-corrected chi connectivity index (χ2v) is 6.93. The monoisotopic (exact) mass is 238 g/mol. The zero-order valence-corrected chi connectivity index (χ0v) is 11.9. The second-order valence-electron chi connectivity index (χ2n) is 6.93. The van der Waals surface area contributed by atoms with Gasteiger partial charge in [-0.2, -0.15) is 0 Å². The molecule has 0 aliphatic heterocycles. The molecule has 2 saturated carbocycles. The SMILES string of the molecule is CNC1(CCNCC2CC2(C)C)CCCCC1. The molecule has 17 heavy (non-hydrogen) atoms. The molecule has 2 fully saturated rings. The molecular weight excluding hydrogens is 208 g/mol. The molecular formula is C15H30N2. The first-order chi connectivity index (χ1) is 8.08. The smallest absolute Gasteiger partial charge is 0.0190 e. The predicted molar refractivity (Wildman–Crippen MR) is 74.3 cm³/mol. The fourth-order valence-electron chi connectivity index (χ4n) is 3.38. The van der Waals surface area contributed by atoms with Crippen molar-refractivity contribution in [2.75, 3.05) is 20.1 Å². The zero-order valence-electron chi connectivity index (χ0n) is 11.9. The van der Waals surface area contributed by atoms with Crippen LogP contribution in [0.2, 0.25) is 0 Å². The maximum absolute atomic E-state index is 3.67. The summed E-state index contributed by atoms with van der Waals surface area (Å²) in [5.74, 6) is 0.930. The van der Waals surface area contributed by atoms with E-state index in [4.69, 9.17) is 0 Å². The maximum Gasteiger partial charge on any atom is 0.0190 e. The van der Waals surface area contributed by atoms with Gasteiger partial charge in [0.25, 0.3) is 0 Å². The van der Waals surface area contributed by atoms with Crippen LogP contribution in [-0.4, -0.2) is 25.7 Å². The summed E-state index contributed by atoms with van der Waals surface area (Å²) in [6.45, 7) is 7.19. The van der Waals surface area contributed by atoms with E-state index in [9.17, 15) is 0 Å². The van der Waals surface area contributed by atoms with Crippen LogP contribution in [0.15, 0.2) is 0 Å². The molecule has 1 unspecified atom stereocenters. The van der Waals surface area contributed by atoms with Crippen LogP contribution in [-0.2, 0) is 0 Å². The molecule has 100 valence electrons. The van der Waals surface area contributed by atoms with Crippen LogP contribution in [0.3, 0.4) is 0 Å². The van der Waals surface area contributed by atoms with E-state index in [1.165, 1.54) is 58.0 Å². The quantitative estimate of drug-likeness (QED) is 0.695. The fourth-order valence-corrected chi connectivity index (χ4v) is 3.38. The van der Waals surface area contributed by atoms with Gasteiger partial charge in [-0.05, 0) is 57.2 Å². The average molecular weight is 238 g/mol. The van der Waals surface area contributed by atoms with Crippen molar-refractivity contribution < 1.29 is 0 Å². The van der Waals surface area contributed by atoms with Crippen LogP contribution in [0.4, 0.5) is 0 Å². The number of nitrogens with one attached hydrogen (secondary N) is 2. The highest BCUT2D eigenvalue weighted by Gasteiger charge is 2.44. The van der Waals surface area contributed by atoms with Crippen molar-refractivity contribution in [1.29, 1.82) is 0 Å². The van der Waals surface area contributed by atoms with Crippen molar-refractivity contribution in [1.82, 2.24) is 10.6 Å². The average Bonchev–Trinajstić information content (AvgIpc) is 2.94. The van der Waals surface area contributed by atoms with Gasteiger partial charge in [-0.1, -0.05) is 33.1 Å². The Labute approximate surface area is 107 Å². The van der Waals surface area contributed by atoms with Crippen LogP contribution in [0, 0.1) is 11.3 Å². The largest absolute Gasteiger partial charge is 0.316 e. The van der Waals surface area contributed by atoms with E-state index in [0.717, 1.165) is 5.92 Å². The van der Waals surface area contributed by atoms with Gasteiger partial charge in [-0.3, -0.25) is 0 Å². The standard InChI is InChI=1S/C15H30N2/c1-14(2)11-13(14)12-17-10-9-15(16-3)7-5-4-6-8-15/h13,16-17H,4-12H2,1-3H3. The van der Waals surface area contributed by atoms with E-state index in [1.807, 2.05) is 0 Å². The topological polar surface area (TPSA) is 24.1 Å². The molecule has 0 spiro atoms. The first-order valence-electron chi connectivity index (χ1n) is 7.48. The minimum absolute atomic E-state index is 0.449. The summed E-state index contributed by atoms with van der Waals surface area (Å²) in [5, 5.41) is 7.27. The van der Waals surface area contributed by atoms with Gasteiger partial charge in [0.1, 0.15) is 0 Å². The molecule has 2 rings (SSSR count). The Morgan fingerprint density at radius 2 is 1.76 bits per heavy atom. The first kappa shape index (κ1) is 13.4. The van der Waals surface area contributed by atoms with Gasteiger partial charge in [0, 0.05) is 5.54 Å². The molecule has 2 heteroatoms. The lowest BCUT2D eigenvalue weighted by Crippen LogP contribution is -2.46. The lowest BCUT2D eigenvalue weighted by atomic mass is 9.79. The summed E-state index contributed by atoms with van der Waals surface area (Å²) >= 11 is 0. The molecule has 2 aliphatic carbocycles. The Balaban J connectivity index is 1.63. The number of hydrogen-bond donors (Lipinski definition) is 2. The third kappa shape index (κ3) is 3.45. The molecule has 0 aromatic carbocycles. The van der Waals surface area contributed by atoms with Gasteiger partial charge in [0.2, 0.25) is 0 Å². The van der Waals surface area contributed by atoms with E-state index in [1.54, 1.807) is 0 Å². The molecule has 0 aromatic rings. The van der Waals surface area contributed by atoms with E-state index in [2.05, 4.69) is 31.5 Å². The summed E-state index contributed by atoms with van der Waals surface area (Å²) in [4.78, 5) is 0. The van der Waals surface area contributed by atoms with E-state index < -0.39 is 0 Å². The van der Waals surface area contributed by atoms with Crippen molar-refractivity contribution in [3.8, 4) is 0 Å². The number of rotatable bonds is 6. The molecule has 0 aromatic heterocycles. The minimum Gasteiger partial charge on any atom is -0.316 e. The molecule has 0 bridgehead atoms. The Morgan fingerprint density at radius 1 is 1.12 bits per heavy atom. The summed E-state index contributed by atoms with van der Waals surface area (Å²) < 4.78 is 0. The predicted octanol–water partition coefficient (Wildman–Crippen LogP) is 2.93. The summed E-state index contributed by atoms with van der Waals surface area (Å²) in [6.07, 6.45) is 9.73. The second kappa shape index (κ2) is 5.27. The summed E-state index contributed by atoms with van der Waals surface area (Å²) in [7, 11) is 2.15. The normalized spacial score (nSPS) is 30.2. The third-order valence-corrected chi connectivity index (χ3v) is 5.23. The van der Waals surface area contributed by atoms with Crippen molar-refractivity contribution in [2.24, 2.45) is 11.3 Å². The zero-order chi connectivity index (χ0) is 12.4.